The molecule has 2 aromatic heterocycles. The van der Waals surface area contributed by atoms with E-state index in [1.54, 1.807) is 7.05 Å². The molecule has 2 heterocycles. The summed E-state index contributed by atoms with van der Waals surface area (Å²) in [5, 5.41) is 22.1. The molecular formula is C11H14FN5O. The SMILES string of the molecule is CCC(O)(Cc1nnn(C)n1)c1ccc(F)cn1. The molecule has 96 valence electrons. The summed E-state index contributed by atoms with van der Waals surface area (Å²) < 4.78 is 12.8. The zero-order valence-electron chi connectivity index (χ0n) is 10.2. The number of hydrogen-bond donors (Lipinski definition) is 1. The fourth-order valence-electron chi connectivity index (χ4n) is 1.70. The molecule has 0 aliphatic carbocycles. The summed E-state index contributed by atoms with van der Waals surface area (Å²) in [7, 11) is 1.65. The molecule has 0 saturated heterocycles. The van der Waals surface area contributed by atoms with Gasteiger partial charge in [0.2, 0.25) is 0 Å². The summed E-state index contributed by atoms with van der Waals surface area (Å²) in [5.41, 5.74) is -0.810. The molecule has 1 unspecified atom stereocenters. The van der Waals surface area contributed by atoms with Gasteiger partial charge >= 0.3 is 0 Å². The zero-order chi connectivity index (χ0) is 13.2. The highest BCUT2D eigenvalue weighted by Gasteiger charge is 2.31. The van der Waals surface area contributed by atoms with Crippen molar-refractivity contribution in [2.75, 3.05) is 0 Å². The Kier molecular flexibility index (Phi) is 3.33. The third-order valence-corrected chi connectivity index (χ3v) is 2.79. The second kappa shape index (κ2) is 4.77. The summed E-state index contributed by atoms with van der Waals surface area (Å²) in [6.45, 7) is 1.82. The quantitative estimate of drug-likeness (QED) is 0.860. The second-order valence-corrected chi connectivity index (χ2v) is 4.12. The van der Waals surface area contributed by atoms with Gasteiger partial charge in [0, 0.05) is 6.42 Å². The molecule has 0 spiro atoms. The first kappa shape index (κ1) is 12.6. The van der Waals surface area contributed by atoms with Crippen molar-refractivity contribution in [1.29, 1.82) is 0 Å². The number of aliphatic hydroxyl groups is 1. The highest BCUT2D eigenvalue weighted by Crippen LogP contribution is 2.26. The van der Waals surface area contributed by atoms with Crippen LogP contribution in [-0.4, -0.2) is 30.3 Å². The van der Waals surface area contributed by atoms with E-state index in [9.17, 15) is 9.50 Å². The Hall–Kier alpha value is -1.89. The molecular weight excluding hydrogens is 237 g/mol. The normalized spacial score (nSPS) is 14.4. The maximum atomic E-state index is 12.8. The Morgan fingerprint density at radius 2 is 2.22 bits per heavy atom. The van der Waals surface area contributed by atoms with Gasteiger partial charge in [0.25, 0.3) is 0 Å². The van der Waals surface area contributed by atoms with Crippen molar-refractivity contribution in [3.63, 3.8) is 0 Å². The largest absolute Gasteiger partial charge is 0.383 e. The van der Waals surface area contributed by atoms with Crippen LogP contribution in [0.25, 0.3) is 0 Å². The van der Waals surface area contributed by atoms with Crippen LogP contribution in [0.15, 0.2) is 18.3 Å². The maximum absolute atomic E-state index is 12.8. The van der Waals surface area contributed by atoms with Crippen LogP contribution in [-0.2, 0) is 19.1 Å². The molecule has 18 heavy (non-hydrogen) atoms. The summed E-state index contributed by atoms with van der Waals surface area (Å²) in [4.78, 5) is 5.24. The van der Waals surface area contributed by atoms with Crippen molar-refractivity contribution in [2.24, 2.45) is 7.05 Å². The Bertz CT molecular complexity index is 526. The first-order valence-corrected chi connectivity index (χ1v) is 5.61. The maximum Gasteiger partial charge on any atom is 0.178 e. The van der Waals surface area contributed by atoms with Crippen LogP contribution in [0.5, 0.6) is 0 Å². The molecule has 0 aromatic carbocycles. The van der Waals surface area contributed by atoms with E-state index in [-0.39, 0.29) is 6.42 Å². The van der Waals surface area contributed by atoms with Crippen molar-refractivity contribution < 1.29 is 9.50 Å². The average Bonchev–Trinajstić information content (AvgIpc) is 2.75. The van der Waals surface area contributed by atoms with Crippen LogP contribution in [0.1, 0.15) is 24.9 Å². The third-order valence-electron chi connectivity index (χ3n) is 2.79. The van der Waals surface area contributed by atoms with Gasteiger partial charge in [-0.15, -0.1) is 10.2 Å². The fraction of sp³-hybridized carbons (Fsp3) is 0.455. The summed E-state index contributed by atoms with van der Waals surface area (Å²) in [5.74, 6) is -0.0113. The molecule has 6 nitrogen and oxygen atoms in total. The van der Waals surface area contributed by atoms with E-state index < -0.39 is 11.4 Å². The molecule has 0 radical (unpaired) electrons. The third kappa shape index (κ3) is 2.51. The lowest BCUT2D eigenvalue weighted by Gasteiger charge is -2.24. The number of nitrogens with zero attached hydrogens (tertiary/aromatic N) is 5. The van der Waals surface area contributed by atoms with Crippen LogP contribution >= 0.6 is 0 Å². The lowest BCUT2D eigenvalue weighted by molar-refractivity contribution is 0.0261. The smallest absolute Gasteiger partial charge is 0.178 e. The fourth-order valence-corrected chi connectivity index (χ4v) is 1.70. The molecule has 0 saturated carbocycles. The zero-order valence-corrected chi connectivity index (χ0v) is 10.2. The molecule has 1 atom stereocenters. The number of rotatable bonds is 4. The Morgan fingerprint density at radius 1 is 1.44 bits per heavy atom. The van der Waals surface area contributed by atoms with Gasteiger partial charge in [-0.1, -0.05) is 6.92 Å². The van der Waals surface area contributed by atoms with Gasteiger partial charge in [-0.25, -0.2) is 4.39 Å². The number of aryl methyl sites for hydroxylation is 1. The van der Waals surface area contributed by atoms with Crippen molar-refractivity contribution in [2.45, 2.75) is 25.4 Å². The predicted octanol–water partition coefficient (Wildman–Crippen LogP) is 0.584. The number of pyridine rings is 1. The minimum Gasteiger partial charge on any atom is -0.383 e. The molecule has 0 aliphatic rings. The first-order valence-electron chi connectivity index (χ1n) is 5.61. The van der Waals surface area contributed by atoms with E-state index >= 15 is 0 Å². The Balaban J connectivity index is 2.27. The highest BCUT2D eigenvalue weighted by molar-refractivity contribution is 5.15. The van der Waals surface area contributed by atoms with Crippen LogP contribution < -0.4 is 0 Å². The standard InChI is InChI=1S/C11H14FN5O/c1-3-11(18,6-10-14-16-17(2)15-10)9-5-4-8(12)7-13-9/h4-5,7,18H,3,6H2,1-2H3. The molecule has 0 amide bonds. The lowest BCUT2D eigenvalue weighted by Crippen LogP contribution is -2.29. The molecule has 0 fully saturated rings. The second-order valence-electron chi connectivity index (χ2n) is 4.12. The lowest BCUT2D eigenvalue weighted by atomic mass is 9.91. The highest BCUT2D eigenvalue weighted by atomic mass is 19.1. The number of hydrogen-bond acceptors (Lipinski definition) is 5. The molecule has 2 rings (SSSR count). The molecule has 0 bridgehead atoms. The van der Waals surface area contributed by atoms with Crippen molar-refractivity contribution in [1.82, 2.24) is 25.2 Å². The monoisotopic (exact) mass is 251 g/mol. The molecule has 7 heteroatoms. The van der Waals surface area contributed by atoms with E-state index in [0.29, 0.717) is 17.9 Å². The van der Waals surface area contributed by atoms with Gasteiger partial charge in [-0.3, -0.25) is 4.98 Å². The summed E-state index contributed by atoms with van der Waals surface area (Å²) in [6.07, 6.45) is 1.69. The minimum atomic E-state index is -1.21. The van der Waals surface area contributed by atoms with E-state index in [0.717, 1.165) is 6.20 Å². The van der Waals surface area contributed by atoms with E-state index in [1.165, 1.54) is 16.9 Å². The molecule has 0 aliphatic heterocycles. The number of tetrazole rings is 1. The van der Waals surface area contributed by atoms with Crippen molar-refractivity contribution in [3.05, 3.63) is 35.7 Å². The van der Waals surface area contributed by atoms with Gasteiger partial charge in [-0.2, -0.15) is 4.80 Å². The van der Waals surface area contributed by atoms with Gasteiger partial charge in [0.15, 0.2) is 5.82 Å². The van der Waals surface area contributed by atoms with Crippen molar-refractivity contribution in [3.8, 4) is 0 Å². The van der Waals surface area contributed by atoms with Crippen LogP contribution in [0.2, 0.25) is 0 Å². The Morgan fingerprint density at radius 3 is 2.72 bits per heavy atom. The number of aromatic nitrogens is 5. The van der Waals surface area contributed by atoms with E-state index in [2.05, 4.69) is 20.4 Å². The van der Waals surface area contributed by atoms with Gasteiger partial charge in [0.1, 0.15) is 11.4 Å². The average molecular weight is 251 g/mol. The summed E-state index contributed by atoms with van der Waals surface area (Å²) >= 11 is 0. The molecule has 1 N–H and O–H groups in total. The van der Waals surface area contributed by atoms with Gasteiger partial charge in [-0.05, 0) is 23.8 Å². The Labute approximate surface area is 103 Å². The van der Waals surface area contributed by atoms with Crippen LogP contribution in [0.3, 0.4) is 0 Å². The van der Waals surface area contributed by atoms with E-state index in [4.69, 9.17) is 0 Å². The van der Waals surface area contributed by atoms with Crippen LogP contribution in [0.4, 0.5) is 4.39 Å². The van der Waals surface area contributed by atoms with Crippen LogP contribution in [0, 0.1) is 5.82 Å². The van der Waals surface area contributed by atoms with E-state index in [1.807, 2.05) is 6.92 Å². The molecule has 2 aromatic rings. The number of halogens is 1. The summed E-state index contributed by atoms with van der Waals surface area (Å²) in [6, 6.07) is 2.74. The van der Waals surface area contributed by atoms with Gasteiger partial charge in [0.05, 0.1) is 18.9 Å². The topological polar surface area (TPSA) is 76.7 Å². The van der Waals surface area contributed by atoms with Gasteiger partial charge < -0.3 is 5.11 Å². The minimum absolute atomic E-state index is 0.190. The first-order chi connectivity index (χ1) is 8.53. The predicted molar refractivity (Wildman–Crippen MR) is 60.9 cm³/mol. The van der Waals surface area contributed by atoms with Crippen molar-refractivity contribution >= 4 is 0 Å².